The van der Waals surface area contributed by atoms with E-state index in [1.807, 2.05) is 79.7 Å². The van der Waals surface area contributed by atoms with Gasteiger partial charge in [0.05, 0.1) is 5.69 Å². The lowest BCUT2D eigenvalue weighted by Gasteiger charge is -2.18. The number of carbonyl (C=O) groups is 1. The molecule has 1 amide bonds. The number of rotatable bonds is 3. The Hall–Kier alpha value is -3.86. The number of nitrogens with zero attached hydrogens (tertiary/aromatic N) is 2. The topological polar surface area (TPSA) is 51.1 Å². The zero-order chi connectivity index (χ0) is 19.8. The quantitative estimate of drug-likeness (QED) is 0.624. The smallest absolute Gasteiger partial charge is 0.282 e. The van der Waals surface area contributed by atoms with Gasteiger partial charge in [-0.2, -0.15) is 0 Å². The molecule has 5 nitrogen and oxygen atoms in total. The molecule has 2 aliphatic heterocycles. The van der Waals surface area contributed by atoms with Gasteiger partial charge in [-0.1, -0.05) is 54.1 Å². The molecule has 29 heavy (non-hydrogen) atoms. The Balaban J connectivity index is 1.59. The average Bonchev–Trinajstić information content (AvgIpc) is 3.34. The minimum absolute atomic E-state index is 0.162. The van der Waals surface area contributed by atoms with Crippen LogP contribution in [0.2, 0.25) is 0 Å². The molecular weight excluding hydrogens is 364 g/mol. The van der Waals surface area contributed by atoms with Crippen LogP contribution in [0.3, 0.4) is 0 Å². The Kier molecular flexibility index (Phi) is 4.13. The highest BCUT2D eigenvalue weighted by Gasteiger charge is 2.32. The molecule has 5 heteroatoms. The molecular formula is C24H18N2O3. The molecule has 0 saturated heterocycles. The number of amidine groups is 1. The van der Waals surface area contributed by atoms with Crippen LogP contribution in [0.25, 0.3) is 6.08 Å². The van der Waals surface area contributed by atoms with Gasteiger partial charge in [-0.25, -0.2) is 4.99 Å². The van der Waals surface area contributed by atoms with E-state index in [1.165, 1.54) is 0 Å². The number of ether oxygens (including phenoxy) is 2. The van der Waals surface area contributed by atoms with E-state index in [-0.39, 0.29) is 12.7 Å². The minimum atomic E-state index is -0.162. The number of benzene rings is 3. The summed E-state index contributed by atoms with van der Waals surface area (Å²) in [4.78, 5) is 19.7. The molecule has 0 N–H and O–H groups in total. The maximum Gasteiger partial charge on any atom is 0.282 e. The van der Waals surface area contributed by atoms with E-state index in [4.69, 9.17) is 14.5 Å². The molecule has 0 radical (unpaired) electrons. The van der Waals surface area contributed by atoms with Crippen molar-refractivity contribution in [3.63, 3.8) is 0 Å². The Labute approximate surface area is 168 Å². The third-order valence-corrected chi connectivity index (χ3v) is 4.88. The third-order valence-electron chi connectivity index (χ3n) is 4.88. The largest absolute Gasteiger partial charge is 0.454 e. The molecule has 0 bridgehead atoms. The van der Waals surface area contributed by atoms with Gasteiger partial charge in [-0.3, -0.25) is 9.69 Å². The molecule has 142 valence electrons. The lowest BCUT2D eigenvalue weighted by Crippen LogP contribution is -2.32. The van der Waals surface area contributed by atoms with Gasteiger partial charge in [0.1, 0.15) is 11.5 Å². The number of anilines is 1. The Bertz CT molecular complexity index is 1150. The first-order valence-corrected chi connectivity index (χ1v) is 9.36. The van der Waals surface area contributed by atoms with Gasteiger partial charge in [0.2, 0.25) is 6.79 Å². The highest BCUT2D eigenvalue weighted by Crippen LogP contribution is 2.34. The molecule has 0 unspecified atom stereocenters. The van der Waals surface area contributed by atoms with Crippen LogP contribution in [0, 0.1) is 6.92 Å². The Morgan fingerprint density at radius 1 is 0.931 bits per heavy atom. The SMILES string of the molecule is Cc1ccc(N2C(=O)/C(=C/c3ccc4c(c3)OCO4)N=C2c2ccccc2)cc1. The van der Waals surface area contributed by atoms with Crippen LogP contribution in [0.1, 0.15) is 16.7 Å². The van der Waals surface area contributed by atoms with Gasteiger partial charge in [0.25, 0.3) is 5.91 Å². The highest BCUT2D eigenvalue weighted by atomic mass is 16.7. The van der Waals surface area contributed by atoms with Crippen molar-refractivity contribution in [2.75, 3.05) is 11.7 Å². The molecule has 2 heterocycles. The summed E-state index contributed by atoms with van der Waals surface area (Å²) >= 11 is 0. The molecule has 3 aromatic carbocycles. The second-order valence-corrected chi connectivity index (χ2v) is 6.92. The van der Waals surface area contributed by atoms with Crippen molar-refractivity contribution in [1.82, 2.24) is 0 Å². The third kappa shape index (κ3) is 3.17. The van der Waals surface area contributed by atoms with Crippen molar-refractivity contribution < 1.29 is 14.3 Å². The predicted molar refractivity (Wildman–Crippen MR) is 112 cm³/mol. The van der Waals surface area contributed by atoms with Crippen LogP contribution in [-0.4, -0.2) is 18.5 Å². The normalized spacial score (nSPS) is 16.4. The summed E-state index contributed by atoms with van der Waals surface area (Å²) in [7, 11) is 0. The number of carbonyl (C=O) groups excluding carboxylic acids is 1. The molecule has 0 spiro atoms. The number of hydrogen-bond donors (Lipinski definition) is 0. The molecule has 3 aromatic rings. The van der Waals surface area contributed by atoms with Crippen molar-refractivity contribution in [2.24, 2.45) is 4.99 Å². The van der Waals surface area contributed by atoms with Crippen LogP contribution < -0.4 is 14.4 Å². The minimum Gasteiger partial charge on any atom is -0.454 e. The number of amides is 1. The summed E-state index contributed by atoms with van der Waals surface area (Å²) in [5, 5.41) is 0. The number of hydrogen-bond acceptors (Lipinski definition) is 4. The second-order valence-electron chi connectivity index (χ2n) is 6.92. The van der Waals surface area contributed by atoms with E-state index >= 15 is 0 Å². The number of fused-ring (bicyclic) bond motifs is 1. The Morgan fingerprint density at radius 2 is 1.69 bits per heavy atom. The standard InChI is InChI=1S/C24H18N2O3/c1-16-7-10-19(11-8-16)26-23(18-5-3-2-4-6-18)25-20(24(26)27)13-17-9-12-21-22(14-17)29-15-28-21/h2-14H,15H2,1H3/b20-13-. The van der Waals surface area contributed by atoms with Crippen LogP contribution in [0.4, 0.5) is 5.69 Å². The number of aryl methyl sites for hydroxylation is 1. The van der Waals surface area contributed by atoms with Gasteiger partial charge in [0.15, 0.2) is 11.5 Å². The lowest BCUT2D eigenvalue weighted by atomic mass is 10.1. The van der Waals surface area contributed by atoms with Crippen molar-refractivity contribution in [3.8, 4) is 11.5 Å². The monoisotopic (exact) mass is 382 g/mol. The fourth-order valence-corrected chi connectivity index (χ4v) is 3.39. The van der Waals surface area contributed by atoms with Gasteiger partial charge < -0.3 is 9.47 Å². The summed E-state index contributed by atoms with van der Waals surface area (Å²) in [6.07, 6.45) is 1.78. The zero-order valence-electron chi connectivity index (χ0n) is 15.8. The zero-order valence-corrected chi connectivity index (χ0v) is 15.8. The summed E-state index contributed by atoms with van der Waals surface area (Å²) in [6, 6.07) is 23.2. The van der Waals surface area contributed by atoms with Crippen LogP contribution in [0.5, 0.6) is 11.5 Å². The van der Waals surface area contributed by atoms with E-state index in [2.05, 4.69) is 0 Å². The van der Waals surface area contributed by atoms with Crippen LogP contribution >= 0.6 is 0 Å². The predicted octanol–water partition coefficient (Wildman–Crippen LogP) is 4.56. The highest BCUT2D eigenvalue weighted by molar-refractivity contribution is 6.33. The summed E-state index contributed by atoms with van der Waals surface area (Å²) in [5.74, 6) is 1.84. The molecule has 0 atom stereocenters. The molecule has 0 fully saturated rings. The lowest BCUT2D eigenvalue weighted by molar-refractivity contribution is -0.113. The molecule has 0 aromatic heterocycles. The fourth-order valence-electron chi connectivity index (χ4n) is 3.39. The first-order valence-electron chi connectivity index (χ1n) is 9.36. The second kappa shape index (κ2) is 6.95. The van der Waals surface area contributed by atoms with E-state index in [9.17, 15) is 4.79 Å². The van der Waals surface area contributed by atoms with E-state index in [0.717, 1.165) is 22.4 Å². The van der Waals surface area contributed by atoms with Crippen molar-refractivity contribution in [2.45, 2.75) is 6.92 Å². The van der Waals surface area contributed by atoms with Crippen LogP contribution in [-0.2, 0) is 4.79 Å². The van der Waals surface area contributed by atoms with Gasteiger partial charge in [-0.15, -0.1) is 0 Å². The molecule has 0 saturated carbocycles. The summed E-state index contributed by atoms with van der Waals surface area (Å²) < 4.78 is 10.8. The first-order chi connectivity index (χ1) is 14.2. The average molecular weight is 382 g/mol. The molecule has 5 rings (SSSR count). The van der Waals surface area contributed by atoms with Crippen molar-refractivity contribution in [3.05, 3.63) is 95.2 Å². The van der Waals surface area contributed by atoms with Crippen molar-refractivity contribution in [1.29, 1.82) is 0 Å². The molecule has 0 aliphatic carbocycles. The fraction of sp³-hybridized carbons (Fsp3) is 0.0833. The maximum absolute atomic E-state index is 13.3. The van der Waals surface area contributed by atoms with Crippen LogP contribution in [0.15, 0.2) is 83.5 Å². The van der Waals surface area contributed by atoms with E-state index in [1.54, 1.807) is 11.0 Å². The molecule has 2 aliphatic rings. The Morgan fingerprint density at radius 3 is 2.48 bits per heavy atom. The first kappa shape index (κ1) is 17.3. The van der Waals surface area contributed by atoms with Gasteiger partial charge >= 0.3 is 0 Å². The maximum atomic E-state index is 13.3. The van der Waals surface area contributed by atoms with Crippen molar-refractivity contribution >= 4 is 23.5 Å². The van der Waals surface area contributed by atoms with Gasteiger partial charge in [0, 0.05) is 5.56 Å². The van der Waals surface area contributed by atoms with E-state index in [0.29, 0.717) is 23.0 Å². The van der Waals surface area contributed by atoms with Gasteiger partial charge in [-0.05, 0) is 42.8 Å². The summed E-state index contributed by atoms with van der Waals surface area (Å²) in [5.41, 5.74) is 4.02. The summed E-state index contributed by atoms with van der Waals surface area (Å²) in [6.45, 7) is 2.23. The number of aliphatic imine (C=N–C) groups is 1. The van der Waals surface area contributed by atoms with E-state index < -0.39 is 0 Å².